The molecule has 0 aliphatic carbocycles. The van der Waals surface area contributed by atoms with Crippen LogP contribution in [0.3, 0.4) is 0 Å². The van der Waals surface area contributed by atoms with Crippen molar-refractivity contribution >= 4 is 17.3 Å². The number of nitro benzene ring substituents is 1. The molecular formula is C16H19N5O3. The minimum Gasteiger partial charge on any atom is -0.370 e. The van der Waals surface area contributed by atoms with Crippen LogP contribution in [0.4, 0.5) is 11.4 Å². The number of nitrogens with zero attached hydrogens (tertiary/aromatic N) is 3. The quantitative estimate of drug-likeness (QED) is 0.477. The fourth-order valence-electron chi connectivity index (χ4n) is 2.19. The number of benzene rings is 1. The molecule has 0 aromatic heterocycles. The van der Waals surface area contributed by atoms with Crippen LogP contribution in [0.2, 0.25) is 0 Å². The highest BCUT2D eigenvalue weighted by Crippen LogP contribution is 2.27. The number of nitro groups is 1. The van der Waals surface area contributed by atoms with E-state index in [4.69, 9.17) is 23.2 Å². The van der Waals surface area contributed by atoms with E-state index in [0.29, 0.717) is 5.56 Å². The standard InChI is InChI=1S/C11H11N3O2.C5H8N2O/c12-8-9-7-10(14(15)16)3-4-11(9)13-5-1-2-6-13;1-2-3-4(6)5(7)8/h3-4,7H,1-2,5-6H2;1,4H,3,6H2,(H2,7,8)/t;4-/m.0/s1. The van der Waals surface area contributed by atoms with Crippen LogP contribution in [-0.4, -0.2) is 30.0 Å². The van der Waals surface area contributed by atoms with Crippen molar-refractivity contribution < 1.29 is 9.72 Å². The summed E-state index contributed by atoms with van der Waals surface area (Å²) in [7, 11) is 0. The molecule has 8 heteroatoms. The number of rotatable bonds is 4. The minimum atomic E-state index is -0.681. The van der Waals surface area contributed by atoms with Crippen molar-refractivity contribution in [2.75, 3.05) is 18.0 Å². The number of terminal acetylenes is 1. The molecule has 4 N–H and O–H groups in total. The van der Waals surface area contributed by atoms with E-state index in [0.717, 1.165) is 31.6 Å². The largest absolute Gasteiger partial charge is 0.370 e. The Kier molecular flexibility index (Phi) is 7.21. The van der Waals surface area contributed by atoms with Gasteiger partial charge in [0.1, 0.15) is 6.07 Å². The van der Waals surface area contributed by atoms with E-state index in [2.05, 4.69) is 10.8 Å². The SMILES string of the molecule is C#CC[C@H](N)C(N)=O.N#Cc1cc([N+](=O)[O-])ccc1N1CCCC1. The second-order valence-corrected chi connectivity index (χ2v) is 5.18. The van der Waals surface area contributed by atoms with Crippen LogP contribution in [0.15, 0.2) is 18.2 Å². The predicted molar refractivity (Wildman–Crippen MR) is 89.9 cm³/mol. The van der Waals surface area contributed by atoms with E-state index in [1.165, 1.54) is 12.1 Å². The Labute approximate surface area is 140 Å². The highest BCUT2D eigenvalue weighted by molar-refractivity contribution is 5.79. The first-order chi connectivity index (χ1) is 11.4. The molecule has 1 atom stereocenters. The minimum absolute atomic E-state index is 0.0282. The summed E-state index contributed by atoms with van der Waals surface area (Å²) in [6.07, 6.45) is 7.27. The third-order valence-corrected chi connectivity index (χ3v) is 3.46. The van der Waals surface area contributed by atoms with Gasteiger partial charge in [0.15, 0.2) is 0 Å². The van der Waals surface area contributed by atoms with Gasteiger partial charge >= 0.3 is 0 Å². The van der Waals surface area contributed by atoms with Crippen LogP contribution in [0, 0.1) is 33.8 Å². The average Bonchev–Trinajstić information content (AvgIpc) is 3.09. The number of hydrogen-bond acceptors (Lipinski definition) is 6. The highest BCUT2D eigenvalue weighted by Gasteiger charge is 2.18. The van der Waals surface area contributed by atoms with Crippen molar-refractivity contribution in [3.8, 4) is 18.4 Å². The lowest BCUT2D eigenvalue weighted by atomic mass is 10.1. The Balaban J connectivity index is 0.000000307. The zero-order chi connectivity index (χ0) is 18.1. The van der Waals surface area contributed by atoms with Crippen molar-refractivity contribution in [3.05, 3.63) is 33.9 Å². The van der Waals surface area contributed by atoms with Gasteiger partial charge in [0.2, 0.25) is 5.91 Å². The average molecular weight is 329 g/mol. The van der Waals surface area contributed by atoms with Gasteiger partial charge in [-0.3, -0.25) is 14.9 Å². The summed E-state index contributed by atoms with van der Waals surface area (Å²) in [6, 6.07) is 5.80. The number of carbonyl (C=O) groups excluding carboxylic acids is 1. The summed E-state index contributed by atoms with van der Waals surface area (Å²) in [4.78, 5) is 22.3. The van der Waals surface area contributed by atoms with E-state index in [9.17, 15) is 14.9 Å². The number of amides is 1. The summed E-state index contributed by atoms with van der Waals surface area (Å²) in [5.41, 5.74) is 11.0. The number of nitrogens with two attached hydrogens (primary N) is 2. The van der Waals surface area contributed by atoms with Gasteiger partial charge in [-0.2, -0.15) is 5.26 Å². The highest BCUT2D eigenvalue weighted by atomic mass is 16.6. The topological polar surface area (TPSA) is 139 Å². The van der Waals surface area contributed by atoms with Crippen LogP contribution >= 0.6 is 0 Å². The number of anilines is 1. The van der Waals surface area contributed by atoms with E-state index in [1.54, 1.807) is 6.07 Å². The molecule has 24 heavy (non-hydrogen) atoms. The lowest BCUT2D eigenvalue weighted by Gasteiger charge is -2.18. The van der Waals surface area contributed by atoms with Crippen molar-refractivity contribution in [1.82, 2.24) is 0 Å². The third kappa shape index (κ3) is 5.27. The Morgan fingerprint density at radius 2 is 2.08 bits per heavy atom. The van der Waals surface area contributed by atoms with Gasteiger partial charge < -0.3 is 16.4 Å². The Bertz CT molecular complexity index is 684. The molecule has 0 saturated carbocycles. The van der Waals surface area contributed by atoms with Crippen LogP contribution < -0.4 is 16.4 Å². The number of non-ortho nitro benzene ring substituents is 1. The molecule has 1 heterocycles. The van der Waals surface area contributed by atoms with E-state index >= 15 is 0 Å². The van der Waals surface area contributed by atoms with Crippen LogP contribution in [0.5, 0.6) is 0 Å². The summed E-state index contributed by atoms with van der Waals surface area (Å²) in [5, 5.41) is 19.6. The molecule has 1 aliphatic heterocycles. The Morgan fingerprint density at radius 3 is 2.50 bits per heavy atom. The smallest absolute Gasteiger partial charge is 0.270 e. The first kappa shape index (κ1) is 18.9. The molecule has 0 radical (unpaired) electrons. The van der Waals surface area contributed by atoms with Crippen LogP contribution in [0.25, 0.3) is 0 Å². The second kappa shape index (κ2) is 9.13. The molecule has 2 rings (SSSR count). The monoisotopic (exact) mass is 329 g/mol. The summed E-state index contributed by atoms with van der Waals surface area (Å²) >= 11 is 0. The lowest BCUT2D eigenvalue weighted by molar-refractivity contribution is -0.384. The molecule has 1 saturated heterocycles. The van der Waals surface area contributed by atoms with E-state index in [1.807, 2.05) is 6.07 Å². The van der Waals surface area contributed by atoms with Gasteiger partial charge in [-0.05, 0) is 18.9 Å². The van der Waals surface area contributed by atoms with Gasteiger partial charge in [0.25, 0.3) is 5.69 Å². The second-order valence-electron chi connectivity index (χ2n) is 5.18. The van der Waals surface area contributed by atoms with Crippen LogP contribution in [0.1, 0.15) is 24.8 Å². The number of carbonyl (C=O) groups is 1. The number of nitriles is 1. The van der Waals surface area contributed by atoms with Gasteiger partial charge in [0.05, 0.1) is 22.2 Å². The molecule has 126 valence electrons. The molecule has 1 aliphatic rings. The molecule has 0 unspecified atom stereocenters. The first-order valence-electron chi connectivity index (χ1n) is 7.32. The molecule has 1 aromatic rings. The van der Waals surface area contributed by atoms with Crippen molar-refractivity contribution in [2.24, 2.45) is 11.5 Å². The maximum atomic E-state index is 10.6. The number of hydrogen-bond donors (Lipinski definition) is 2. The van der Waals surface area contributed by atoms with Crippen LogP contribution in [-0.2, 0) is 4.79 Å². The van der Waals surface area contributed by atoms with Crippen molar-refractivity contribution in [3.63, 3.8) is 0 Å². The summed E-state index contributed by atoms with van der Waals surface area (Å²) in [5.74, 6) is 1.67. The molecular weight excluding hydrogens is 310 g/mol. The molecule has 8 nitrogen and oxygen atoms in total. The van der Waals surface area contributed by atoms with Crippen molar-refractivity contribution in [2.45, 2.75) is 25.3 Å². The maximum Gasteiger partial charge on any atom is 0.270 e. The van der Waals surface area contributed by atoms with Gasteiger partial charge in [-0.15, -0.1) is 12.3 Å². The zero-order valence-electron chi connectivity index (χ0n) is 13.1. The van der Waals surface area contributed by atoms with Gasteiger partial charge in [-0.1, -0.05) is 0 Å². The normalized spacial score (nSPS) is 13.9. The molecule has 0 bridgehead atoms. The van der Waals surface area contributed by atoms with E-state index < -0.39 is 16.9 Å². The third-order valence-electron chi connectivity index (χ3n) is 3.46. The zero-order valence-corrected chi connectivity index (χ0v) is 13.1. The number of primary amides is 1. The fraction of sp³-hybridized carbons (Fsp3) is 0.375. The molecule has 1 amide bonds. The van der Waals surface area contributed by atoms with E-state index in [-0.39, 0.29) is 12.1 Å². The maximum absolute atomic E-state index is 10.6. The molecule has 0 spiro atoms. The predicted octanol–water partition coefficient (Wildman–Crippen LogP) is 0.889. The van der Waals surface area contributed by atoms with Crippen molar-refractivity contribution in [1.29, 1.82) is 5.26 Å². The fourth-order valence-corrected chi connectivity index (χ4v) is 2.19. The van der Waals surface area contributed by atoms with Gasteiger partial charge in [-0.25, -0.2) is 0 Å². The summed E-state index contributed by atoms with van der Waals surface area (Å²) < 4.78 is 0. The summed E-state index contributed by atoms with van der Waals surface area (Å²) in [6.45, 7) is 1.85. The Hall–Kier alpha value is -3.10. The Morgan fingerprint density at radius 1 is 1.46 bits per heavy atom. The lowest BCUT2D eigenvalue weighted by Crippen LogP contribution is -2.35. The first-order valence-corrected chi connectivity index (χ1v) is 7.32. The van der Waals surface area contributed by atoms with Gasteiger partial charge in [0, 0.05) is 31.6 Å². The molecule has 1 fully saturated rings. The molecule has 1 aromatic carbocycles.